The molecule has 0 radical (unpaired) electrons. The number of likely N-dealkylation sites (N-methyl/N-ethyl adjacent to an activating group) is 7. The van der Waals surface area contributed by atoms with E-state index in [1.54, 1.807) is 34.6 Å². The van der Waals surface area contributed by atoms with Gasteiger partial charge in [0.2, 0.25) is 65.0 Å². The lowest BCUT2D eigenvalue weighted by atomic mass is 9.91. The van der Waals surface area contributed by atoms with E-state index in [0.717, 1.165) is 4.90 Å². The van der Waals surface area contributed by atoms with Crippen molar-refractivity contribution in [3.05, 3.63) is 12.2 Å². The predicted molar refractivity (Wildman–Crippen MR) is 339 cm³/mol. The number of hydrogen-bond acceptors (Lipinski definition) is 13. The largest absolute Gasteiger partial charge is 0.394 e. The van der Waals surface area contributed by atoms with Crippen molar-refractivity contribution in [2.45, 2.75) is 223 Å². The zero-order valence-electron chi connectivity index (χ0n) is 57.9. The molecule has 0 aliphatic carbocycles. The van der Waals surface area contributed by atoms with E-state index in [0.29, 0.717) is 6.42 Å². The molecule has 1 heterocycles. The molecule has 11 amide bonds. The topological polar surface area (TPSA) is 288 Å². The van der Waals surface area contributed by atoms with Crippen LogP contribution in [0.3, 0.4) is 0 Å². The smallest absolute Gasteiger partial charge is 0.246 e. The van der Waals surface area contributed by atoms with Crippen LogP contribution < -0.4 is 21.3 Å². The van der Waals surface area contributed by atoms with Gasteiger partial charge in [-0.25, -0.2) is 0 Å². The highest BCUT2D eigenvalue weighted by atomic mass is 16.5. The highest BCUT2D eigenvalue weighted by Gasteiger charge is 2.46. The van der Waals surface area contributed by atoms with Crippen molar-refractivity contribution >= 4 is 65.0 Å². The number of allylic oxidation sites excluding steroid dienone is 2. The molecule has 88 heavy (non-hydrogen) atoms. The second kappa shape index (κ2) is 37.1. The average molecular weight is 1250 g/mol. The van der Waals surface area contributed by atoms with E-state index in [1.807, 2.05) is 81.4 Å². The molecule has 1 fully saturated rings. The standard InChI is InChI=1S/C64H115N11O13/c1-25-27-28-42(15)54(88-30-29-76)53-58(81)67-45(26-2)60(83)69(18)35-50(77)70(19)46(31-36(3)4)57(80)68-51(40(11)12)63(86)71(20)47(32-37(5)6)56(79)65-43(16)55(78)66-44(17)59(82)72(21)48(33-38(7)8)61(84)73(22)49(34-39(9)10)62(85)74(23)52(41(13)14)64(87)75(53)24/h25,27,36-49,51-54,76H,26,28-35H2,1-24H3,(H,65,79)(H,66,78)(H,67,81)(H,68,80)/b27-25+/t42-,43+,44-,45+,46+,47+,48+,49+,51+,52+,53+,54-/m1/s1. The molecule has 24 nitrogen and oxygen atoms in total. The summed E-state index contributed by atoms with van der Waals surface area (Å²) >= 11 is 0. The van der Waals surface area contributed by atoms with Gasteiger partial charge in [0.25, 0.3) is 0 Å². The Morgan fingerprint density at radius 3 is 1.38 bits per heavy atom. The van der Waals surface area contributed by atoms with Crippen LogP contribution in [0.4, 0.5) is 0 Å². The molecule has 24 heteroatoms. The molecule has 0 spiro atoms. The molecule has 0 bridgehead atoms. The Labute approximate surface area is 526 Å². The van der Waals surface area contributed by atoms with E-state index in [4.69, 9.17) is 4.74 Å². The van der Waals surface area contributed by atoms with Gasteiger partial charge in [-0.05, 0) is 101 Å². The first-order valence-corrected chi connectivity index (χ1v) is 31.6. The first-order valence-electron chi connectivity index (χ1n) is 31.6. The van der Waals surface area contributed by atoms with E-state index < -0.39 is 162 Å². The van der Waals surface area contributed by atoms with Crippen LogP contribution in [-0.2, 0) is 57.5 Å². The van der Waals surface area contributed by atoms with Gasteiger partial charge in [0, 0.05) is 49.3 Å². The van der Waals surface area contributed by atoms with Crippen molar-refractivity contribution in [2.24, 2.45) is 41.4 Å². The fraction of sp³-hybridized carbons (Fsp3) is 0.797. The van der Waals surface area contributed by atoms with Crippen LogP contribution in [0, 0.1) is 41.4 Å². The molecule has 1 rings (SSSR count). The SMILES string of the molecule is C/C=C/C[C@@H](C)[C@@H](OCCO)[C@H]1C(=O)N[C@@H](CC)C(=O)N(C)CC(=O)N(C)[C@@H](CC(C)C)C(=O)N[C@@H](C(C)C)C(=O)N(C)[C@@H](CC(C)C)C(=O)N[C@@H](C)C(=O)N[C@H](C)C(=O)N(C)[C@@H](CC(C)C)C(=O)N(C)[C@@H](CC(C)C)C(=O)N(C)[C@@H](C(C)C)C(=O)N1C. The monoisotopic (exact) mass is 1250 g/mol. The lowest BCUT2D eigenvalue weighted by molar-refractivity contribution is -0.159. The van der Waals surface area contributed by atoms with Crippen molar-refractivity contribution in [3.8, 4) is 0 Å². The Morgan fingerprint density at radius 2 is 0.920 bits per heavy atom. The molecule has 0 unspecified atom stereocenters. The molecule has 12 atom stereocenters. The fourth-order valence-corrected chi connectivity index (χ4v) is 11.1. The van der Waals surface area contributed by atoms with Crippen LogP contribution in [0.2, 0.25) is 0 Å². The number of nitrogens with one attached hydrogen (secondary N) is 4. The molecule has 0 aromatic heterocycles. The summed E-state index contributed by atoms with van der Waals surface area (Å²) in [6.07, 6.45) is 3.61. The lowest BCUT2D eigenvalue weighted by Gasteiger charge is -2.42. The van der Waals surface area contributed by atoms with Crippen molar-refractivity contribution in [1.29, 1.82) is 0 Å². The number of ether oxygens (including phenoxy) is 1. The maximum Gasteiger partial charge on any atom is 0.246 e. The Kier molecular flexibility index (Phi) is 33.7. The zero-order valence-corrected chi connectivity index (χ0v) is 57.9. The Morgan fingerprint density at radius 1 is 0.489 bits per heavy atom. The lowest BCUT2D eigenvalue weighted by Crippen LogP contribution is -2.64. The van der Waals surface area contributed by atoms with Crippen molar-refractivity contribution < 1.29 is 62.6 Å². The minimum atomic E-state index is -1.48. The molecule has 1 aliphatic heterocycles. The second-order valence-corrected chi connectivity index (χ2v) is 26.7. The normalized spacial score (nSPS) is 26.4. The van der Waals surface area contributed by atoms with Crippen LogP contribution in [0.25, 0.3) is 0 Å². The summed E-state index contributed by atoms with van der Waals surface area (Å²) in [4.78, 5) is 170. The zero-order chi connectivity index (χ0) is 68.1. The minimum absolute atomic E-state index is 0.0289. The van der Waals surface area contributed by atoms with Crippen molar-refractivity contribution in [1.82, 2.24) is 55.6 Å². The van der Waals surface area contributed by atoms with Crippen LogP contribution in [-0.4, -0.2) is 240 Å². The van der Waals surface area contributed by atoms with Gasteiger partial charge in [-0.3, -0.25) is 52.7 Å². The highest BCUT2D eigenvalue weighted by molar-refractivity contribution is 5.99. The Balaban J connectivity index is 4.42. The van der Waals surface area contributed by atoms with Crippen molar-refractivity contribution in [2.75, 3.05) is 69.1 Å². The van der Waals surface area contributed by atoms with E-state index in [-0.39, 0.29) is 62.4 Å². The molecule has 0 saturated carbocycles. The van der Waals surface area contributed by atoms with Gasteiger partial charge in [-0.1, -0.05) is 109 Å². The highest BCUT2D eigenvalue weighted by Crippen LogP contribution is 2.27. The van der Waals surface area contributed by atoms with Gasteiger partial charge < -0.3 is 65.4 Å². The summed E-state index contributed by atoms with van der Waals surface area (Å²) < 4.78 is 6.26. The van der Waals surface area contributed by atoms with Crippen LogP contribution >= 0.6 is 0 Å². The Bertz CT molecular complexity index is 2380. The molecule has 0 aromatic carbocycles. The molecular weight excluding hydrogens is 1130 g/mol. The Hall–Kier alpha value is -6.17. The van der Waals surface area contributed by atoms with E-state index in [2.05, 4.69) is 21.3 Å². The van der Waals surface area contributed by atoms with Crippen LogP contribution in [0.5, 0.6) is 0 Å². The molecule has 504 valence electrons. The number of hydrogen-bond donors (Lipinski definition) is 5. The summed E-state index contributed by atoms with van der Waals surface area (Å²) in [5, 5.41) is 21.2. The maximum atomic E-state index is 15.4. The third-order valence-electron chi connectivity index (χ3n) is 16.4. The summed E-state index contributed by atoms with van der Waals surface area (Å²) in [6, 6.07) is -12.2. The summed E-state index contributed by atoms with van der Waals surface area (Å²) in [6.45, 7) is 28.9. The van der Waals surface area contributed by atoms with Crippen LogP contribution in [0.1, 0.15) is 156 Å². The summed E-state index contributed by atoms with van der Waals surface area (Å²) in [7, 11) is 10.0. The van der Waals surface area contributed by atoms with Gasteiger partial charge in [-0.15, -0.1) is 0 Å². The quantitative estimate of drug-likeness (QED) is 0.123. The van der Waals surface area contributed by atoms with Crippen molar-refractivity contribution in [3.63, 3.8) is 0 Å². The first-order chi connectivity index (χ1) is 40.7. The second-order valence-electron chi connectivity index (χ2n) is 26.7. The number of aliphatic hydroxyl groups excluding tert-OH is 1. The van der Waals surface area contributed by atoms with Gasteiger partial charge in [-0.2, -0.15) is 0 Å². The average Bonchev–Trinajstić information content (AvgIpc) is 2.03. The predicted octanol–water partition coefficient (Wildman–Crippen LogP) is 3.29. The maximum absolute atomic E-state index is 15.4. The van der Waals surface area contributed by atoms with E-state index in [1.165, 1.54) is 92.6 Å². The third-order valence-corrected chi connectivity index (χ3v) is 16.4. The molecule has 1 aliphatic rings. The van der Waals surface area contributed by atoms with E-state index in [9.17, 15) is 38.7 Å². The van der Waals surface area contributed by atoms with Gasteiger partial charge in [0.1, 0.15) is 60.4 Å². The molecule has 5 N–H and O–H groups in total. The molecular formula is C64H115N11O13. The number of nitrogens with zero attached hydrogens (tertiary/aromatic N) is 7. The van der Waals surface area contributed by atoms with Crippen LogP contribution in [0.15, 0.2) is 12.2 Å². The number of amides is 11. The molecule has 0 aromatic rings. The number of aliphatic hydroxyl groups is 1. The number of rotatable bonds is 18. The number of carbonyl (C=O) groups excluding carboxylic acids is 11. The third kappa shape index (κ3) is 22.7. The van der Waals surface area contributed by atoms with E-state index >= 15 is 19.2 Å². The van der Waals surface area contributed by atoms with Gasteiger partial charge in [0.05, 0.1) is 25.9 Å². The fourth-order valence-electron chi connectivity index (χ4n) is 11.1. The number of carbonyl (C=O) groups is 11. The van der Waals surface area contributed by atoms with Gasteiger partial charge in [0.15, 0.2) is 0 Å². The minimum Gasteiger partial charge on any atom is -0.394 e. The summed E-state index contributed by atoms with van der Waals surface area (Å²) in [5.41, 5.74) is 0. The molecule has 1 saturated heterocycles. The summed E-state index contributed by atoms with van der Waals surface area (Å²) in [5.74, 6) is -9.46. The first kappa shape index (κ1) is 79.8. The van der Waals surface area contributed by atoms with Gasteiger partial charge >= 0.3 is 0 Å².